The molecule has 0 aromatic heterocycles. The molecule has 0 radical (unpaired) electrons. The number of fused-ring (bicyclic) bond motifs is 1. The number of anilines is 1. The first-order valence-electron chi connectivity index (χ1n) is 6.80. The molecule has 128 valence electrons. The zero-order chi connectivity index (χ0) is 17.7. The van der Waals surface area contributed by atoms with E-state index in [0.29, 0.717) is 5.56 Å². The fourth-order valence-corrected chi connectivity index (χ4v) is 4.89. The second-order valence-corrected chi connectivity index (χ2v) is 9.05. The van der Waals surface area contributed by atoms with E-state index in [1.807, 2.05) is 19.1 Å². The number of hydrogen-bond acceptors (Lipinski definition) is 5. The Bertz CT molecular complexity index is 1020. The van der Waals surface area contributed by atoms with Crippen LogP contribution < -0.4 is 15.2 Å². The molecule has 0 spiro atoms. The van der Waals surface area contributed by atoms with Crippen molar-refractivity contribution in [1.82, 2.24) is 4.72 Å². The van der Waals surface area contributed by atoms with Crippen LogP contribution in [0.2, 0.25) is 5.02 Å². The quantitative estimate of drug-likeness (QED) is 0.724. The third-order valence-electron chi connectivity index (χ3n) is 3.61. The van der Waals surface area contributed by atoms with E-state index < -0.39 is 31.1 Å². The van der Waals surface area contributed by atoms with Gasteiger partial charge in [0.1, 0.15) is 16.0 Å². The van der Waals surface area contributed by atoms with Crippen LogP contribution in [-0.2, 0) is 20.0 Å². The lowest BCUT2D eigenvalue weighted by Crippen LogP contribution is -2.38. The molecule has 2 aromatic carbocycles. The van der Waals surface area contributed by atoms with Crippen LogP contribution in [0.1, 0.15) is 17.3 Å². The van der Waals surface area contributed by atoms with Gasteiger partial charge in [0.25, 0.3) is 0 Å². The Labute approximate surface area is 144 Å². The van der Waals surface area contributed by atoms with Crippen molar-refractivity contribution in [3.05, 3.63) is 52.5 Å². The normalized spacial score (nSPS) is 19.4. The third-order valence-corrected chi connectivity index (χ3v) is 6.45. The fourth-order valence-electron chi connectivity index (χ4n) is 2.40. The first-order chi connectivity index (χ1) is 11.1. The molecule has 0 aliphatic carbocycles. The van der Waals surface area contributed by atoms with Gasteiger partial charge in [-0.3, -0.25) is 0 Å². The molecule has 1 aliphatic rings. The van der Waals surface area contributed by atoms with E-state index in [-0.39, 0.29) is 15.6 Å². The SMILES string of the molecule is Cc1ccc(C2Nc3cc(Cl)c(S(N)(=O)=O)cc3S(=O)(=O)N2)cc1. The van der Waals surface area contributed by atoms with Gasteiger partial charge in [0, 0.05) is 0 Å². The Hall–Kier alpha value is -1.65. The number of hydrogen-bond donors (Lipinski definition) is 3. The molecule has 1 aliphatic heterocycles. The van der Waals surface area contributed by atoms with Crippen LogP contribution in [0.5, 0.6) is 0 Å². The maximum atomic E-state index is 12.5. The van der Waals surface area contributed by atoms with Crippen LogP contribution in [0.15, 0.2) is 46.2 Å². The Balaban J connectivity index is 2.12. The summed E-state index contributed by atoms with van der Waals surface area (Å²) in [5.41, 5.74) is 1.96. The molecule has 3 rings (SSSR count). The van der Waals surface area contributed by atoms with E-state index in [0.717, 1.165) is 11.6 Å². The van der Waals surface area contributed by atoms with Crippen molar-refractivity contribution in [2.75, 3.05) is 5.32 Å². The van der Waals surface area contributed by atoms with E-state index >= 15 is 0 Å². The highest BCUT2D eigenvalue weighted by atomic mass is 35.5. The molecule has 0 amide bonds. The molecule has 0 bridgehead atoms. The highest BCUT2D eigenvalue weighted by molar-refractivity contribution is 7.90. The second kappa shape index (κ2) is 5.71. The van der Waals surface area contributed by atoms with E-state index in [1.54, 1.807) is 12.1 Å². The average molecular weight is 388 g/mol. The first kappa shape index (κ1) is 17.2. The molecule has 7 nitrogen and oxygen atoms in total. The van der Waals surface area contributed by atoms with Crippen molar-refractivity contribution in [3.8, 4) is 0 Å². The highest BCUT2D eigenvalue weighted by Gasteiger charge is 2.32. The molecular formula is C14H14ClN3O4S2. The van der Waals surface area contributed by atoms with E-state index in [4.69, 9.17) is 16.7 Å². The summed E-state index contributed by atoms with van der Waals surface area (Å²) in [7, 11) is -8.08. The van der Waals surface area contributed by atoms with Crippen LogP contribution in [0, 0.1) is 6.92 Å². The summed E-state index contributed by atoms with van der Waals surface area (Å²) in [4.78, 5) is -0.664. The number of rotatable bonds is 2. The number of benzene rings is 2. The zero-order valence-corrected chi connectivity index (χ0v) is 14.8. The van der Waals surface area contributed by atoms with E-state index in [9.17, 15) is 16.8 Å². The minimum absolute atomic E-state index is 0.150. The van der Waals surface area contributed by atoms with Gasteiger partial charge in [-0.2, -0.15) is 4.72 Å². The summed E-state index contributed by atoms with van der Waals surface area (Å²) >= 11 is 5.94. The number of aryl methyl sites for hydroxylation is 1. The molecule has 10 heteroatoms. The number of halogens is 1. The van der Waals surface area contributed by atoms with Gasteiger partial charge in [-0.05, 0) is 24.6 Å². The lowest BCUT2D eigenvalue weighted by molar-refractivity contribution is 0.562. The van der Waals surface area contributed by atoms with Gasteiger partial charge < -0.3 is 5.32 Å². The van der Waals surface area contributed by atoms with Crippen molar-refractivity contribution < 1.29 is 16.8 Å². The third kappa shape index (κ3) is 3.13. The van der Waals surface area contributed by atoms with E-state index in [1.165, 1.54) is 6.07 Å². The molecule has 4 N–H and O–H groups in total. The van der Waals surface area contributed by atoms with Gasteiger partial charge in [0.15, 0.2) is 0 Å². The summed E-state index contributed by atoms with van der Waals surface area (Å²) in [6, 6.07) is 9.50. The zero-order valence-electron chi connectivity index (χ0n) is 12.4. The first-order valence-corrected chi connectivity index (χ1v) is 10.2. The Morgan fingerprint density at radius 2 is 1.79 bits per heavy atom. The van der Waals surface area contributed by atoms with Gasteiger partial charge in [-0.25, -0.2) is 22.0 Å². The number of sulfonamides is 2. The second-order valence-electron chi connectivity index (χ2n) is 5.43. The topological polar surface area (TPSA) is 118 Å². The number of nitrogens with one attached hydrogen (secondary N) is 2. The maximum Gasteiger partial charge on any atom is 0.244 e. The molecule has 0 fully saturated rings. The molecule has 1 heterocycles. The number of nitrogens with two attached hydrogens (primary N) is 1. The Morgan fingerprint density at radius 3 is 2.38 bits per heavy atom. The maximum absolute atomic E-state index is 12.5. The van der Waals surface area contributed by atoms with Crippen LogP contribution in [0.25, 0.3) is 0 Å². The fraction of sp³-hybridized carbons (Fsp3) is 0.143. The van der Waals surface area contributed by atoms with Gasteiger partial charge >= 0.3 is 0 Å². The van der Waals surface area contributed by atoms with Crippen molar-refractivity contribution in [1.29, 1.82) is 0 Å². The molecular weight excluding hydrogens is 374 g/mol. The van der Waals surface area contributed by atoms with Gasteiger partial charge in [-0.15, -0.1) is 0 Å². The van der Waals surface area contributed by atoms with Gasteiger partial charge in [-0.1, -0.05) is 41.4 Å². The molecule has 2 aromatic rings. The average Bonchev–Trinajstić information content (AvgIpc) is 2.45. The molecule has 0 saturated heterocycles. The highest BCUT2D eigenvalue weighted by Crippen LogP contribution is 2.36. The Morgan fingerprint density at radius 1 is 1.17 bits per heavy atom. The predicted molar refractivity (Wildman–Crippen MR) is 90.7 cm³/mol. The lowest BCUT2D eigenvalue weighted by Gasteiger charge is -2.29. The minimum Gasteiger partial charge on any atom is -0.364 e. The molecule has 0 saturated carbocycles. The van der Waals surface area contributed by atoms with Gasteiger partial charge in [0.2, 0.25) is 20.0 Å². The van der Waals surface area contributed by atoms with Crippen LogP contribution in [0.3, 0.4) is 0 Å². The monoisotopic (exact) mass is 387 g/mol. The van der Waals surface area contributed by atoms with E-state index in [2.05, 4.69) is 10.0 Å². The predicted octanol–water partition coefficient (Wildman–Crippen LogP) is 1.70. The van der Waals surface area contributed by atoms with Crippen LogP contribution >= 0.6 is 11.6 Å². The van der Waals surface area contributed by atoms with Crippen molar-refractivity contribution in [3.63, 3.8) is 0 Å². The Kier molecular flexibility index (Phi) is 4.09. The minimum atomic E-state index is -4.14. The largest absolute Gasteiger partial charge is 0.364 e. The van der Waals surface area contributed by atoms with Crippen molar-refractivity contribution >= 4 is 37.3 Å². The standard InChI is InChI=1S/C14H14ClN3O4S2/c1-8-2-4-9(5-3-8)14-17-11-6-10(15)12(23(16,19)20)7-13(11)24(21,22)18-14/h2-7,14,17-18H,1H3,(H2,16,19,20). The molecule has 1 atom stereocenters. The summed E-state index contributed by atoms with van der Waals surface area (Å²) in [5.74, 6) is 0. The molecule has 1 unspecified atom stereocenters. The van der Waals surface area contributed by atoms with Crippen molar-refractivity contribution in [2.45, 2.75) is 22.9 Å². The van der Waals surface area contributed by atoms with Crippen LogP contribution in [-0.4, -0.2) is 16.8 Å². The summed E-state index contributed by atoms with van der Waals surface area (Å²) in [6.07, 6.45) is -0.695. The van der Waals surface area contributed by atoms with Crippen molar-refractivity contribution in [2.24, 2.45) is 5.14 Å². The number of primary sulfonamides is 1. The summed E-state index contributed by atoms with van der Waals surface area (Å²) in [6.45, 7) is 1.92. The summed E-state index contributed by atoms with van der Waals surface area (Å²) in [5, 5.41) is 7.91. The smallest absolute Gasteiger partial charge is 0.244 e. The van der Waals surface area contributed by atoms with Gasteiger partial charge in [0.05, 0.1) is 10.7 Å². The molecule has 24 heavy (non-hydrogen) atoms. The summed E-state index contributed by atoms with van der Waals surface area (Å²) < 4.78 is 50.5. The lowest BCUT2D eigenvalue weighted by atomic mass is 10.1. The van der Waals surface area contributed by atoms with Crippen LogP contribution in [0.4, 0.5) is 5.69 Å².